The van der Waals surface area contributed by atoms with Crippen LogP contribution in [0.4, 0.5) is 5.69 Å². The molecular weight excluding hydrogens is 284 g/mol. The van der Waals surface area contributed by atoms with Gasteiger partial charge in [0, 0.05) is 19.3 Å². The molecule has 2 aromatic carbocycles. The Hall–Kier alpha value is -1.85. The summed E-state index contributed by atoms with van der Waals surface area (Å²) in [5.41, 5.74) is 9.30. The SMILES string of the molecule is Cc1ccc(S(=O)(=O)N(C)Cc2ccccc2N)cc1C. The number of benzene rings is 2. The summed E-state index contributed by atoms with van der Waals surface area (Å²) in [6.07, 6.45) is 0. The normalized spacial score (nSPS) is 11.8. The van der Waals surface area contributed by atoms with Gasteiger partial charge in [-0.15, -0.1) is 0 Å². The van der Waals surface area contributed by atoms with Crippen LogP contribution in [0.25, 0.3) is 0 Å². The predicted octanol–water partition coefficient (Wildman–Crippen LogP) is 2.71. The Balaban J connectivity index is 2.30. The fourth-order valence-corrected chi connectivity index (χ4v) is 3.29. The average molecular weight is 304 g/mol. The molecule has 5 heteroatoms. The average Bonchev–Trinajstić information content (AvgIpc) is 2.44. The molecule has 112 valence electrons. The van der Waals surface area contributed by atoms with Crippen LogP contribution < -0.4 is 5.73 Å². The fraction of sp³-hybridized carbons (Fsp3) is 0.250. The lowest BCUT2D eigenvalue weighted by Gasteiger charge is -2.19. The summed E-state index contributed by atoms with van der Waals surface area (Å²) in [5, 5.41) is 0. The molecule has 0 aliphatic carbocycles. The van der Waals surface area contributed by atoms with Crippen LogP contribution in [-0.2, 0) is 16.6 Å². The number of hydrogen-bond acceptors (Lipinski definition) is 3. The van der Waals surface area contributed by atoms with Crippen LogP contribution in [0.5, 0.6) is 0 Å². The van der Waals surface area contributed by atoms with E-state index in [0.717, 1.165) is 16.7 Å². The molecular formula is C16H20N2O2S. The maximum atomic E-state index is 12.6. The number of nitrogen functional groups attached to an aromatic ring is 1. The van der Waals surface area contributed by atoms with E-state index in [-0.39, 0.29) is 6.54 Å². The number of sulfonamides is 1. The lowest BCUT2D eigenvalue weighted by molar-refractivity contribution is 0.467. The number of rotatable bonds is 4. The maximum Gasteiger partial charge on any atom is 0.243 e. The zero-order valence-corrected chi connectivity index (χ0v) is 13.3. The van der Waals surface area contributed by atoms with Crippen molar-refractivity contribution in [3.8, 4) is 0 Å². The van der Waals surface area contributed by atoms with Crippen molar-refractivity contribution in [2.75, 3.05) is 12.8 Å². The Morgan fingerprint density at radius 1 is 1.05 bits per heavy atom. The van der Waals surface area contributed by atoms with Crippen LogP contribution in [0.15, 0.2) is 47.4 Å². The van der Waals surface area contributed by atoms with Gasteiger partial charge in [0.15, 0.2) is 0 Å². The molecule has 0 unspecified atom stereocenters. The molecule has 0 atom stereocenters. The topological polar surface area (TPSA) is 63.4 Å². The zero-order chi connectivity index (χ0) is 15.6. The van der Waals surface area contributed by atoms with Crippen LogP contribution in [0.1, 0.15) is 16.7 Å². The van der Waals surface area contributed by atoms with Crippen molar-refractivity contribution < 1.29 is 8.42 Å². The first-order chi connectivity index (χ1) is 9.82. The van der Waals surface area contributed by atoms with E-state index < -0.39 is 10.0 Å². The maximum absolute atomic E-state index is 12.6. The molecule has 2 N–H and O–H groups in total. The van der Waals surface area contributed by atoms with Gasteiger partial charge in [0.25, 0.3) is 0 Å². The molecule has 2 rings (SSSR count). The number of nitrogens with zero attached hydrogens (tertiary/aromatic N) is 1. The van der Waals surface area contributed by atoms with E-state index >= 15 is 0 Å². The summed E-state index contributed by atoms with van der Waals surface area (Å²) in [4.78, 5) is 0.308. The van der Waals surface area contributed by atoms with E-state index in [1.165, 1.54) is 4.31 Å². The van der Waals surface area contributed by atoms with Gasteiger partial charge in [0.2, 0.25) is 10.0 Å². The van der Waals surface area contributed by atoms with Crippen LogP contribution >= 0.6 is 0 Å². The molecule has 0 heterocycles. The molecule has 21 heavy (non-hydrogen) atoms. The molecule has 0 saturated heterocycles. The minimum Gasteiger partial charge on any atom is -0.398 e. The van der Waals surface area contributed by atoms with Crippen molar-refractivity contribution in [2.45, 2.75) is 25.3 Å². The zero-order valence-electron chi connectivity index (χ0n) is 12.5. The molecule has 0 aliphatic heterocycles. The summed E-state index contributed by atoms with van der Waals surface area (Å²) >= 11 is 0. The Labute approximate surface area is 126 Å². The van der Waals surface area contributed by atoms with E-state index in [4.69, 9.17) is 5.73 Å². The standard InChI is InChI=1S/C16H20N2O2S/c1-12-8-9-15(10-13(12)2)21(19,20)18(3)11-14-6-4-5-7-16(14)17/h4-10H,11,17H2,1-3H3. The van der Waals surface area contributed by atoms with E-state index in [2.05, 4.69) is 0 Å². The van der Waals surface area contributed by atoms with Crippen molar-refractivity contribution in [1.82, 2.24) is 4.31 Å². The van der Waals surface area contributed by atoms with Gasteiger partial charge >= 0.3 is 0 Å². The molecule has 0 radical (unpaired) electrons. The highest BCUT2D eigenvalue weighted by molar-refractivity contribution is 7.89. The van der Waals surface area contributed by atoms with Crippen molar-refractivity contribution in [1.29, 1.82) is 0 Å². The molecule has 0 amide bonds. The Morgan fingerprint density at radius 3 is 2.33 bits per heavy atom. The summed E-state index contributed by atoms with van der Waals surface area (Å²) < 4.78 is 26.5. The van der Waals surface area contributed by atoms with E-state index in [0.29, 0.717) is 10.6 Å². The minimum absolute atomic E-state index is 0.252. The van der Waals surface area contributed by atoms with Gasteiger partial charge in [0.05, 0.1) is 4.90 Å². The van der Waals surface area contributed by atoms with Crippen LogP contribution in [0.3, 0.4) is 0 Å². The minimum atomic E-state index is -3.52. The van der Waals surface area contributed by atoms with Crippen molar-refractivity contribution in [2.24, 2.45) is 0 Å². The molecule has 0 aliphatic rings. The van der Waals surface area contributed by atoms with E-state index in [1.54, 1.807) is 25.2 Å². The quantitative estimate of drug-likeness (QED) is 0.883. The third kappa shape index (κ3) is 3.25. The Kier molecular flexibility index (Phi) is 4.34. The number of hydrogen-bond donors (Lipinski definition) is 1. The molecule has 4 nitrogen and oxygen atoms in total. The van der Waals surface area contributed by atoms with Crippen molar-refractivity contribution in [3.05, 3.63) is 59.2 Å². The molecule has 0 saturated carbocycles. The highest BCUT2D eigenvalue weighted by Crippen LogP contribution is 2.21. The highest BCUT2D eigenvalue weighted by Gasteiger charge is 2.21. The molecule has 0 aromatic heterocycles. The molecule has 0 bridgehead atoms. The van der Waals surface area contributed by atoms with Gasteiger partial charge in [-0.25, -0.2) is 8.42 Å². The van der Waals surface area contributed by atoms with Gasteiger partial charge in [-0.3, -0.25) is 0 Å². The number of anilines is 1. The summed E-state index contributed by atoms with van der Waals surface area (Å²) in [7, 11) is -1.95. The number of nitrogens with two attached hydrogens (primary N) is 1. The van der Waals surface area contributed by atoms with Gasteiger partial charge < -0.3 is 5.73 Å². The summed E-state index contributed by atoms with van der Waals surface area (Å²) in [6.45, 7) is 4.12. The second kappa shape index (κ2) is 5.87. The van der Waals surface area contributed by atoms with Gasteiger partial charge in [0.1, 0.15) is 0 Å². The fourth-order valence-electron chi connectivity index (χ4n) is 2.06. The largest absolute Gasteiger partial charge is 0.398 e. The van der Waals surface area contributed by atoms with E-state index in [9.17, 15) is 8.42 Å². The number of aryl methyl sites for hydroxylation is 2. The Bertz CT molecular complexity index is 755. The summed E-state index contributed by atoms with van der Waals surface area (Å²) in [6, 6.07) is 12.5. The molecule has 0 spiro atoms. The monoisotopic (exact) mass is 304 g/mol. The smallest absolute Gasteiger partial charge is 0.243 e. The van der Waals surface area contributed by atoms with E-state index in [1.807, 2.05) is 38.1 Å². The van der Waals surface area contributed by atoms with Gasteiger partial charge in [-0.05, 0) is 48.7 Å². The third-order valence-electron chi connectivity index (χ3n) is 3.63. The first kappa shape index (κ1) is 15.5. The van der Waals surface area contributed by atoms with Crippen LogP contribution in [0, 0.1) is 13.8 Å². The van der Waals surface area contributed by atoms with Crippen molar-refractivity contribution >= 4 is 15.7 Å². The summed E-state index contributed by atoms with van der Waals surface area (Å²) in [5.74, 6) is 0. The highest BCUT2D eigenvalue weighted by atomic mass is 32.2. The second-order valence-corrected chi connectivity index (χ2v) is 7.25. The van der Waals surface area contributed by atoms with Crippen LogP contribution in [0.2, 0.25) is 0 Å². The second-order valence-electron chi connectivity index (χ2n) is 5.21. The number of para-hydroxylation sites is 1. The Morgan fingerprint density at radius 2 is 1.71 bits per heavy atom. The van der Waals surface area contributed by atoms with Crippen LogP contribution in [-0.4, -0.2) is 19.8 Å². The third-order valence-corrected chi connectivity index (χ3v) is 5.43. The lowest BCUT2D eigenvalue weighted by atomic mass is 10.1. The first-order valence-electron chi connectivity index (χ1n) is 6.69. The van der Waals surface area contributed by atoms with Crippen molar-refractivity contribution in [3.63, 3.8) is 0 Å². The molecule has 0 fully saturated rings. The molecule has 2 aromatic rings. The predicted molar refractivity (Wildman–Crippen MR) is 85.4 cm³/mol. The van der Waals surface area contributed by atoms with Gasteiger partial charge in [-0.1, -0.05) is 24.3 Å². The first-order valence-corrected chi connectivity index (χ1v) is 8.13. The lowest BCUT2D eigenvalue weighted by Crippen LogP contribution is -2.27. The van der Waals surface area contributed by atoms with Gasteiger partial charge in [-0.2, -0.15) is 4.31 Å².